The van der Waals surface area contributed by atoms with Gasteiger partial charge >= 0.3 is 5.97 Å². The fraction of sp³-hybridized carbons (Fsp3) is 0.158. The summed E-state index contributed by atoms with van der Waals surface area (Å²) >= 11 is 7.01. The lowest BCUT2D eigenvalue weighted by Gasteiger charge is -2.14. The normalized spacial score (nSPS) is 15.5. The Morgan fingerprint density at radius 2 is 1.76 bits per heavy atom. The number of carbonyl (C=O) groups is 1. The van der Waals surface area contributed by atoms with E-state index in [1.807, 2.05) is 56.3 Å². The molecule has 3 rings (SSSR count). The molecular weight excluding hydrogens is 450 g/mol. The molecule has 0 amide bonds. The maximum absolute atomic E-state index is 12.1. The van der Waals surface area contributed by atoms with Crippen LogP contribution in [0.5, 0.6) is 5.75 Å². The van der Waals surface area contributed by atoms with Crippen molar-refractivity contribution in [2.75, 3.05) is 0 Å². The van der Waals surface area contributed by atoms with Gasteiger partial charge in [-0.15, -0.1) is 0 Å². The SMILES string of the molecule is CC(C)Oc1c(Br)cc(/C=C2\N=C(c3ccccc3)OC2=O)cc1Br. The summed E-state index contributed by atoms with van der Waals surface area (Å²) in [5.41, 5.74) is 1.83. The summed E-state index contributed by atoms with van der Waals surface area (Å²) < 4.78 is 12.6. The molecule has 1 heterocycles. The first-order valence-electron chi connectivity index (χ1n) is 7.67. The van der Waals surface area contributed by atoms with E-state index in [1.54, 1.807) is 6.08 Å². The largest absolute Gasteiger partial charge is 0.489 e. The van der Waals surface area contributed by atoms with E-state index in [-0.39, 0.29) is 11.8 Å². The minimum absolute atomic E-state index is 0.0552. The summed E-state index contributed by atoms with van der Waals surface area (Å²) in [6.07, 6.45) is 1.74. The molecule has 0 radical (unpaired) electrons. The molecule has 0 saturated heterocycles. The van der Waals surface area contributed by atoms with Crippen LogP contribution in [-0.2, 0) is 9.53 Å². The number of cyclic esters (lactones) is 1. The second-order valence-electron chi connectivity index (χ2n) is 5.68. The molecule has 0 aliphatic carbocycles. The predicted molar refractivity (Wildman–Crippen MR) is 105 cm³/mol. The molecule has 1 aliphatic heterocycles. The zero-order chi connectivity index (χ0) is 18.0. The maximum Gasteiger partial charge on any atom is 0.363 e. The molecule has 4 nitrogen and oxygen atoms in total. The minimum Gasteiger partial charge on any atom is -0.489 e. The molecule has 0 fully saturated rings. The van der Waals surface area contributed by atoms with Gasteiger partial charge in [0.05, 0.1) is 15.0 Å². The number of nitrogens with zero attached hydrogens (tertiary/aromatic N) is 1. The predicted octanol–water partition coefficient (Wildman–Crippen LogP) is 5.34. The average molecular weight is 465 g/mol. The van der Waals surface area contributed by atoms with Gasteiger partial charge < -0.3 is 9.47 Å². The number of carbonyl (C=O) groups excluding carboxylic acids is 1. The summed E-state index contributed by atoms with van der Waals surface area (Å²) in [6.45, 7) is 3.92. The minimum atomic E-state index is -0.464. The third-order valence-electron chi connectivity index (χ3n) is 3.32. The first-order valence-corrected chi connectivity index (χ1v) is 9.26. The van der Waals surface area contributed by atoms with Gasteiger partial charge in [-0.25, -0.2) is 9.79 Å². The molecule has 0 spiro atoms. The van der Waals surface area contributed by atoms with Gasteiger partial charge in [-0.2, -0.15) is 0 Å². The quantitative estimate of drug-likeness (QED) is 0.453. The summed E-state index contributed by atoms with van der Waals surface area (Å²) in [4.78, 5) is 16.4. The molecule has 6 heteroatoms. The molecule has 25 heavy (non-hydrogen) atoms. The van der Waals surface area contributed by atoms with Crippen LogP contribution in [0.2, 0.25) is 0 Å². The Morgan fingerprint density at radius 1 is 1.12 bits per heavy atom. The average Bonchev–Trinajstić information content (AvgIpc) is 2.92. The van der Waals surface area contributed by atoms with Crippen LogP contribution in [0.15, 0.2) is 62.1 Å². The van der Waals surface area contributed by atoms with E-state index < -0.39 is 5.97 Å². The maximum atomic E-state index is 12.1. The third kappa shape index (κ3) is 4.19. The lowest BCUT2D eigenvalue weighted by molar-refractivity contribution is -0.129. The molecule has 0 N–H and O–H groups in total. The molecular formula is C19H15Br2NO3. The Morgan fingerprint density at radius 3 is 2.36 bits per heavy atom. The fourth-order valence-corrected chi connectivity index (χ4v) is 3.69. The number of ether oxygens (including phenoxy) is 2. The zero-order valence-electron chi connectivity index (χ0n) is 13.6. The van der Waals surface area contributed by atoms with Crippen LogP contribution < -0.4 is 4.74 Å². The van der Waals surface area contributed by atoms with Crippen LogP contribution in [0.25, 0.3) is 6.08 Å². The van der Waals surface area contributed by atoms with E-state index in [4.69, 9.17) is 9.47 Å². The van der Waals surface area contributed by atoms with E-state index >= 15 is 0 Å². The number of halogens is 2. The van der Waals surface area contributed by atoms with E-state index in [0.717, 1.165) is 25.8 Å². The van der Waals surface area contributed by atoms with Gasteiger partial charge in [0.1, 0.15) is 5.75 Å². The Bertz CT molecular complexity index is 850. The van der Waals surface area contributed by atoms with Crippen molar-refractivity contribution >= 4 is 49.8 Å². The Kier molecular flexibility index (Phi) is 5.39. The molecule has 0 unspecified atom stereocenters. The molecule has 1 aliphatic rings. The van der Waals surface area contributed by atoms with Crippen LogP contribution in [0, 0.1) is 0 Å². The van der Waals surface area contributed by atoms with Crippen molar-refractivity contribution < 1.29 is 14.3 Å². The lowest BCUT2D eigenvalue weighted by atomic mass is 10.2. The second kappa shape index (κ2) is 7.54. The van der Waals surface area contributed by atoms with Gasteiger partial charge in [-0.1, -0.05) is 18.2 Å². The summed E-state index contributed by atoms with van der Waals surface area (Å²) in [5, 5.41) is 0. The summed E-state index contributed by atoms with van der Waals surface area (Å²) in [5.74, 6) is 0.572. The number of hydrogen-bond donors (Lipinski definition) is 0. The Labute approximate surface area is 162 Å². The van der Waals surface area contributed by atoms with Crippen LogP contribution in [0.4, 0.5) is 0 Å². The van der Waals surface area contributed by atoms with Crippen molar-refractivity contribution in [3.8, 4) is 5.75 Å². The van der Waals surface area contributed by atoms with Crippen molar-refractivity contribution in [2.45, 2.75) is 20.0 Å². The number of aliphatic imine (C=N–C) groups is 1. The smallest absolute Gasteiger partial charge is 0.363 e. The van der Waals surface area contributed by atoms with Crippen LogP contribution >= 0.6 is 31.9 Å². The van der Waals surface area contributed by atoms with E-state index in [2.05, 4.69) is 36.9 Å². The van der Waals surface area contributed by atoms with Gasteiger partial charge in [0, 0.05) is 5.56 Å². The summed E-state index contributed by atoms with van der Waals surface area (Å²) in [7, 11) is 0. The van der Waals surface area contributed by atoms with Gasteiger partial charge in [0.15, 0.2) is 5.70 Å². The van der Waals surface area contributed by atoms with Crippen molar-refractivity contribution in [3.63, 3.8) is 0 Å². The molecule has 0 aromatic heterocycles. The molecule has 2 aromatic carbocycles. The fourth-order valence-electron chi connectivity index (χ4n) is 2.28. The van der Waals surface area contributed by atoms with Crippen LogP contribution in [-0.4, -0.2) is 18.0 Å². The van der Waals surface area contributed by atoms with Crippen LogP contribution in [0.3, 0.4) is 0 Å². The van der Waals surface area contributed by atoms with E-state index in [0.29, 0.717) is 5.90 Å². The van der Waals surface area contributed by atoms with Gasteiger partial charge in [0.2, 0.25) is 5.90 Å². The highest BCUT2D eigenvalue weighted by atomic mass is 79.9. The van der Waals surface area contributed by atoms with Crippen molar-refractivity contribution in [2.24, 2.45) is 4.99 Å². The second-order valence-corrected chi connectivity index (χ2v) is 7.39. The molecule has 0 saturated carbocycles. The Balaban J connectivity index is 1.93. The number of benzene rings is 2. The van der Waals surface area contributed by atoms with Gasteiger partial charge in [-0.3, -0.25) is 0 Å². The lowest BCUT2D eigenvalue weighted by Crippen LogP contribution is -2.06. The number of hydrogen-bond acceptors (Lipinski definition) is 4. The van der Waals surface area contributed by atoms with E-state index in [9.17, 15) is 4.79 Å². The molecule has 0 atom stereocenters. The van der Waals surface area contributed by atoms with Crippen molar-refractivity contribution in [3.05, 3.63) is 68.2 Å². The first kappa shape index (κ1) is 17.9. The number of rotatable bonds is 4. The standard InChI is InChI=1S/C19H15Br2NO3/c1-11(2)24-17-14(20)8-12(9-15(17)21)10-16-19(23)25-18(22-16)13-6-4-3-5-7-13/h3-11H,1-2H3/b16-10-. The highest BCUT2D eigenvalue weighted by molar-refractivity contribution is 9.11. The monoisotopic (exact) mass is 463 g/mol. The topological polar surface area (TPSA) is 47.9 Å². The highest BCUT2D eigenvalue weighted by Gasteiger charge is 2.24. The van der Waals surface area contributed by atoms with Crippen LogP contribution in [0.1, 0.15) is 25.0 Å². The third-order valence-corrected chi connectivity index (χ3v) is 4.50. The highest BCUT2D eigenvalue weighted by Crippen LogP contribution is 2.36. The molecule has 0 bridgehead atoms. The first-order chi connectivity index (χ1) is 11.9. The molecule has 128 valence electrons. The van der Waals surface area contributed by atoms with E-state index in [1.165, 1.54) is 0 Å². The Hall–Kier alpha value is -1.92. The van der Waals surface area contributed by atoms with Gasteiger partial charge in [0.25, 0.3) is 0 Å². The van der Waals surface area contributed by atoms with Crippen molar-refractivity contribution in [1.82, 2.24) is 0 Å². The number of esters is 1. The van der Waals surface area contributed by atoms with Crippen molar-refractivity contribution in [1.29, 1.82) is 0 Å². The molecule has 2 aromatic rings. The van der Waals surface area contributed by atoms with Gasteiger partial charge in [-0.05, 0) is 81.6 Å². The zero-order valence-corrected chi connectivity index (χ0v) is 16.8. The summed E-state index contributed by atoms with van der Waals surface area (Å²) in [6, 6.07) is 13.1.